The van der Waals surface area contributed by atoms with E-state index in [2.05, 4.69) is 15.9 Å². The highest BCUT2D eigenvalue weighted by molar-refractivity contribution is 9.10. The van der Waals surface area contributed by atoms with Crippen LogP contribution in [0.4, 0.5) is 5.69 Å². The highest BCUT2D eigenvalue weighted by atomic mass is 79.9. The smallest absolute Gasteiger partial charge is 0.244 e. The minimum atomic E-state index is -3.50. The number of hydrogen-bond donors (Lipinski definition) is 1. The second kappa shape index (κ2) is 5.78. The zero-order valence-electron chi connectivity index (χ0n) is 10.7. The van der Waals surface area contributed by atoms with E-state index in [0.717, 1.165) is 12.8 Å². The molecule has 5 nitrogen and oxygen atoms in total. The standard InChI is InChI=1S/C12H17BrN2O3S/c1-18-10-4-6-15(7-5-10)19(16,17)12-8-9(14)2-3-11(12)13/h2-3,8,10H,4-7,14H2,1H3. The van der Waals surface area contributed by atoms with E-state index < -0.39 is 10.0 Å². The number of piperidine rings is 1. The first-order valence-corrected chi connectivity index (χ1v) is 8.26. The molecule has 0 bridgehead atoms. The fourth-order valence-electron chi connectivity index (χ4n) is 2.16. The summed E-state index contributed by atoms with van der Waals surface area (Å²) >= 11 is 3.27. The number of methoxy groups -OCH3 is 1. The van der Waals surface area contributed by atoms with Gasteiger partial charge in [0.15, 0.2) is 0 Å². The van der Waals surface area contributed by atoms with Crippen LogP contribution in [0.3, 0.4) is 0 Å². The fourth-order valence-corrected chi connectivity index (χ4v) is 4.59. The molecule has 1 aromatic rings. The van der Waals surface area contributed by atoms with E-state index in [-0.39, 0.29) is 11.0 Å². The van der Waals surface area contributed by atoms with Gasteiger partial charge in [0.1, 0.15) is 0 Å². The molecule has 0 radical (unpaired) electrons. The number of benzene rings is 1. The Hall–Kier alpha value is -0.630. The predicted molar refractivity (Wildman–Crippen MR) is 77.3 cm³/mol. The highest BCUT2D eigenvalue weighted by Crippen LogP contribution is 2.29. The number of rotatable bonds is 3. The van der Waals surface area contributed by atoms with Gasteiger partial charge in [-0.3, -0.25) is 0 Å². The Bertz CT molecular complexity index is 554. The van der Waals surface area contributed by atoms with Crippen molar-refractivity contribution in [3.63, 3.8) is 0 Å². The number of ether oxygens (including phenoxy) is 1. The molecule has 2 rings (SSSR count). The van der Waals surface area contributed by atoms with Crippen LogP contribution >= 0.6 is 15.9 Å². The van der Waals surface area contributed by atoms with Crippen molar-refractivity contribution in [3.05, 3.63) is 22.7 Å². The van der Waals surface area contributed by atoms with Crippen LogP contribution in [0.2, 0.25) is 0 Å². The van der Waals surface area contributed by atoms with E-state index in [1.807, 2.05) is 0 Å². The van der Waals surface area contributed by atoms with Crippen LogP contribution in [-0.4, -0.2) is 39.0 Å². The summed E-state index contributed by atoms with van der Waals surface area (Å²) in [5.74, 6) is 0. The summed E-state index contributed by atoms with van der Waals surface area (Å²) in [5.41, 5.74) is 6.11. The second-order valence-corrected chi connectivity index (χ2v) is 7.29. The average Bonchev–Trinajstić information content (AvgIpc) is 2.41. The van der Waals surface area contributed by atoms with E-state index in [0.29, 0.717) is 23.2 Å². The first kappa shape index (κ1) is 14.8. The van der Waals surface area contributed by atoms with E-state index in [1.54, 1.807) is 19.2 Å². The SMILES string of the molecule is COC1CCN(S(=O)(=O)c2cc(N)ccc2Br)CC1. The largest absolute Gasteiger partial charge is 0.399 e. The van der Waals surface area contributed by atoms with Gasteiger partial charge < -0.3 is 10.5 Å². The summed E-state index contributed by atoms with van der Waals surface area (Å²) in [6.45, 7) is 0.949. The Morgan fingerprint density at radius 2 is 2.00 bits per heavy atom. The first-order valence-electron chi connectivity index (χ1n) is 6.03. The minimum Gasteiger partial charge on any atom is -0.399 e. The molecule has 106 valence electrons. The maximum absolute atomic E-state index is 12.6. The van der Waals surface area contributed by atoms with Gasteiger partial charge in [0, 0.05) is 30.4 Å². The molecule has 0 amide bonds. The number of nitrogen functional groups attached to an aromatic ring is 1. The molecule has 7 heteroatoms. The highest BCUT2D eigenvalue weighted by Gasteiger charge is 2.30. The molecule has 0 saturated carbocycles. The van der Waals surface area contributed by atoms with E-state index in [4.69, 9.17) is 10.5 Å². The van der Waals surface area contributed by atoms with E-state index in [9.17, 15) is 8.42 Å². The van der Waals surface area contributed by atoms with Crippen molar-refractivity contribution in [2.24, 2.45) is 0 Å². The molecular weight excluding hydrogens is 332 g/mol. The van der Waals surface area contributed by atoms with Gasteiger partial charge in [0.05, 0.1) is 11.0 Å². The third-order valence-electron chi connectivity index (χ3n) is 3.31. The molecule has 1 aromatic carbocycles. The van der Waals surface area contributed by atoms with Gasteiger partial charge >= 0.3 is 0 Å². The van der Waals surface area contributed by atoms with Crippen molar-refractivity contribution >= 4 is 31.6 Å². The molecule has 1 aliphatic rings. The lowest BCUT2D eigenvalue weighted by Gasteiger charge is -2.30. The van der Waals surface area contributed by atoms with Crippen LogP contribution in [0, 0.1) is 0 Å². The quantitative estimate of drug-likeness (QED) is 0.845. The number of nitrogens with two attached hydrogens (primary N) is 1. The molecule has 0 unspecified atom stereocenters. The van der Waals surface area contributed by atoms with E-state index >= 15 is 0 Å². The zero-order valence-corrected chi connectivity index (χ0v) is 13.1. The van der Waals surface area contributed by atoms with Gasteiger partial charge in [-0.2, -0.15) is 4.31 Å². The number of halogens is 1. The lowest BCUT2D eigenvalue weighted by molar-refractivity contribution is 0.0604. The van der Waals surface area contributed by atoms with Crippen LogP contribution in [0.5, 0.6) is 0 Å². The van der Waals surface area contributed by atoms with Gasteiger partial charge in [0.25, 0.3) is 0 Å². The fraction of sp³-hybridized carbons (Fsp3) is 0.500. The topological polar surface area (TPSA) is 72.6 Å². The van der Waals surface area contributed by atoms with Gasteiger partial charge in [-0.25, -0.2) is 8.42 Å². The Labute approximate surface area is 121 Å². The Balaban J connectivity index is 2.26. The number of sulfonamides is 1. The molecule has 0 spiro atoms. The predicted octanol–water partition coefficient (Wildman–Crippen LogP) is 1.83. The summed E-state index contributed by atoms with van der Waals surface area (Å²) < 4.78 is 32.4. The zero-order chi connectivity index (χ0) is 14.0. The molecular formula is C12H17BrN2O3S. The number of anilines is 1. The summed E-state index contributed by atoms with van der Waals surface area (Å²) in [4.78, 5) is 0.225. The lowest BCUT2D eigenvalue weighted by atomic mass is 10.1. The van der Waals surface area contributed by atoms with Gasteiger partial charge in [0.2, 0.25) is 10.0 Å². The second-order valence-electron chi connectivity index (χ2n) is 4.53. The summed E-state index contributed by atoms with van der Waals surface area (Å²) in [5, 5.41) is 0. The Morgan fingerprint density at radius 3 is 2.58 bits per heavy atom. The van der Waals surface area contributed by atoms with Crippen LogP contribution in [0.15, 0.2) is 27.6 Å². The Kier molecular flexibility index (Phi) is 4.50. The minimum absolute atomic E-state index is 0.149. The molecule has 1 heterocycles. The van der Waals surface area contributed by atoms with Crippen LogP contribution in [0.25, 0.3) is 0 Å². The summed E-state index contributed by atoms with van der Waals surface area (Å²) in [7, 11) is -1.84. The normalized spacial score (nSPS) is 18.6. The van der Waals surface area contributed by atoms with Gasteiger partial charge in [-0.05, 0) is 47.0 Å². The summed E-state index contributed by atoms with van der Waals surface area (Å²) in [6, 6.07) is 4.81. The average molecular weight is 349 g/mol. The maximum Gasteiger partial charge on any atom is 0.244 e. The molecule has 1 saturated heterocycles. The first-order chi connectivity index (χ1) is 8.95. The summed E-state index contributed by atoms with van der Waals surface area (Å²) in [6.07, 6.45) is 1.58. The van der Waals surface area contributed by atoms with Crippen molar-refractivity contribution in [1.82, 2.24) is 4.31 Å². The van der Waals surface area contributed by atoms with Gasteiger partial charge in [-0.15, -0.1) is 0 Å². The monoisotopic (exact) mass is 348 g/mol. The van der Waals surface area contributed by atoms with Crippen molar-refractivity contribution < 1.29 is 13.2 Å². The molecule has 0 atom stereocenters. The van der Waals surface area contributed by atoms with Crippen LogP contribution in [0.1, 0.15) is 12.8 Å². The van der Waals surface area contributed by atoms with E-state index in [1.165, 1.54) is 10.4 Å². The molecule has 2 N–H and O–H groups in total. The third kappa shape index (κ3) is 3.10. The van der Waals surface area contributed by atoms with Gasteiger partial charge in [-0.1, -0.05) is 0 Å². The van der Waals surface area contributed by atoms with Crippen molar-refractivity contribution in [2.45, 2.75) is 23.8 Å². The molecule has 1 fully saturated rings. The Morgan fingerprint density at radius 1 is 1.37 bits per heavy atom. The molecule has 1 aliphatic heterocycles. The number of hydrogen-bond acceptors (Lipinski definition) is 4. The van der Waals surface area contributed by atoms with Crippen molar-refractivity contribution in [1.29, 1.82) is 0 Å². The maximum atomic E-state index is 12.6. The van der Waals surface area contributed by atoms with Crippen molar-refractivity contribution in [2.75, 3.05) is 25.9 Å². The third-order valence-corrected chi connectivity index (χ3v) is 6.20. The van der Waals surface area contributed by atoms with Crippen LogP contribution < -0.4 is 5.73 Å². The van der Waals surface area contributed by atoms with Crippen molar-refractivity contribution in [3.8, 4) is 0 Å². The lowest BCUT2D eigenvalue weighted by Crippen LogP contribution is -2.40. The molecule has 0 aliphatic carbocycles. The number of nitrogens with zero attached hydrogens (tertiary/aromatic N) is 1. The molecule has 19 heavy (non-hydrogen) atoms. The van der Waals surface area contributed by atoms with Crippen LogP contribution in [-0.2, 0) is 14.8 Å². The molecule has 0 aromatic heterocycles.